The van der Waals surface area contributed by atoms with Gasteiger partial charge in [0.05, 0.1) is 12.4 Å². The summed E-state index contributed by atoms with van der Waals surface area (Å²) >= 11 is 0. The van der Waals surface area contributed by atoms with E-state index in [9.17, 15) is 4.79 Å². The lowest BCUT2D eigenvalue weighted by molar-refractivity contribution is 0.141. The van der Waals surface area contributed by atoms with Gasteiger partial charge in [0, 0.05) is 25.7 Å². The van der Waals surface area contributed by atoms with E-state index in [1.165, 1.54) is 0 Å². The van der Waals surface area contributed by atoms with E-state index in [-0.39, 0.29) is 18.7 Å². The lowest BCUT2D eigenvalue weighted by Gasteiger charge is -2.18. The zero-order chi connectivity index (χ0) is 37.1. The lowest BCUT2D eigenvalue weighted by Crippen LogP contribution is -2.35. The third-order valence-electron chi connectivity index (χ3n) is 8.23. The number of anilines is 2. The van der Waals surface area contributed by atoms with Crippen LogP contribution in [0, 0.1) is 0 Å². The molecule has 0 aliphatic rings. The van der Waals surface area contributed by atoms with Gasteiger partial charge in [0.25, 0.3) is 0 Å². The summed E-state index contributed by atoms with van der Waals surface area (Å²) in [5.74, 6) is 1.12. The fourth-order valence-electron chi connectivity index (χ4n) is 5.19. The largest absolute Gasteiger partial charge is 0.447 e. The Morgan fingerprint density at radius 2 is 1.50 bits per heavy atom. The molecule has 0 spiro atoms. The van der Waals surface area contributed by atoms with Gasteiger partial charge in [-0.15, -0.1) is 0 Å². The van der Waals surface area contributed by atoms with Crippen LogP contribution in [0.5, 0.6) is 0 Å². The Morgan fingerprint density at radius 1 is 0.827 bits per heavy atom. The highest BCUT2D eigenvalue weighted by molar-refractivity contribution is 5.84. The molecular formula is C42H62N8O2. The molecule has 2 heterocycles. The van der Waals surface area contributed by atoms with Crippen LogP contribution in [0.1, 0.15) is 97.1 Å². The zero-order valence-corrected chi connectivity index (χ0v) is 31.9. The summed E-state index contributed by atoms with van der Waals surface area (Å²) in [5, 5.41) is 13.0. The Bertz CT molecular complexity index is 1560. The van der Waals surface area contributed by atoms with Crippen molar-refractivity contribution in [3.05, 3.63) is 103 Å². The van der Waals surface area contributed by atoms with Gasteiger partial charge >= 0.3 is 6.09 Å². The van der Waals surface area contributed by atoms with E-state index in [0.29, 0.717) is 31.4 Å². The van der Waals surface area contributed by atoms with Crippen molar-refractivity contribution in [2.24, 2.45) is 0 Å². The van der Waals surface area contributed by atoms with Gasteiger partial charge in [0.15, 0.2) is 17.0 Å². The predicted molar refractivity (Wildman–Crippen MR) is 218 cm³/mol. The summed E-state index contributed by atoms with van der Waals surface area (Å²) in [6, 6.07) is 10.2. The number of fused-ring (bicyclic) bond motifs is 1. The van der Waals surface area contributed by atoms with Crippen LogP contribution in [0.3, 0.4) is 0 Å². The first-order valence-corrected chi connectivity index (χ1v) is 19.2. The Kier molecular flexibility index (Phi) is 21.0. The van der Waals surface area contributed by atoms with Gasteiger partial charge < -0.3 is 30.6 Å². The van der Waals surface area contributed by atoms with Gasteiger partial charge in [0.2, 0.25) is 5.95 Å². The highest BCUT2D eigenvalue weighted by Crippen LogP contribution is 2.24. The molecule has 0 aliphatic carbocycles. The Morgan fingerprint density at radius 3 is 2.15 bits per heavy atom. The van der Waals surface area contributed by atoms with Crippen molar-refractivity contribution in [1.29, 1.82) is 0 Å². The quantitative estimate of drug-likeness (QED) is 0.0481. The van der Waals surface area contributed by atoms with Crippen LogP contribution in [0.15, 0.2) is 97.4 Å². The number of carbonyl (C=O) groups is 1. The molecule has 0 aliphatic heterocycles. The molecule has 1 amide bonds. The average Bonchev–Trinajstić information content (AvgIpc) is 3.59. The van der Waals surface area contributed by atoms with Crippen LogP contribution < -0.4 is 21.3 Å². The molecular weight excluding hydrogens is 649 g/mol. The molecule has 0 bridgehead atoms. The second kappa shape index (κ2) is 26.1. The Labute approximate surface area is 312 Å². The first-order valence-electron chi connectivity index (χ1n) is 19.2. The number of amides is 1. The number of rotatable bonds is 26. The number of imidazole rings is 1. The molecule has 2 aromatic heterocycles. The fraction of sp³-hybridized carbons (Fsp3) is 0.476. The normalized spacial score (nSPS) is 12.8. The maximum Gasteiger partial charge on any atom is 0.407 e. The van der Waals surface area contributed by atoms with Crippen molar-refractivity contribution in [1.82, 2.24) is 30.2 Å². The second-order valence-corrected chi connectivity index (χ2v) is 12.9. The SMILES string of the molecule is CC/C=C\C/C=C\C/C=C\C/C=C\C/C=C\CCCCNCCNC(=O)OC[C@H](CC)Nc1nc(NCc2ccccc2)c2ncn(C(C)C)c2n1. The number of aromatic nitrogens is 4. The van der Waals surface area contributed by atoms with Crippen LogP contribution in [-0.2, 0) is 11.3 Å². The van der Waals surface area contributed by atoms with Crippen molar-refractivity contribution in [3.63, 3.8) is 0 Å². The van der Waals surface area contributed by atoms with E-state index in [2.05, 4.69) is 120 Å². The minimum atomic E-state index is -0.431. The van der Waals surface area contributed by atoms with E-state index < -0.39 is 6.09 Å². The van der Waals surface area contributed by atoms with Crippen molar-refractivity contribution >= 4 is 29.0 Å². The Hall–Kier alpha value is -4.70. The van der Waals surface area contributed by atoms with E-state index >= 15 is 0 Å². The van der Waals surface area contributed by atoms with E-state index in [0.717, 1.165) is 81.1 Å². The van der Waals surface area contributed by atoms with Crippen LogP contribution in [0.4, 0.5) is 16.6 Å². The molecule has 1 atom stereocenters. The highest BCUT2D eigenvalue weighted by atomic mass is 16.5. The molecule has 3 rings (SSSR count). The number of unbranched alkanes of at least 4 members (excludes halogenated alkanes) is 2. The van der Waals surface area contributed by atoms with E-state index in [1.54, 1.807) is 6.33 Å². The van der Waals surface area contributed by atoms with Crippen molar-refractivity contribution in [3.8, 4) is 0 Å². The number of ether oxygens (including phenoxy) is 1. The van der Waals surface area contributed by atoms with Gasteiger partial charge in [-0.3, -0.25) is 0 Å². The fourth-order valence-corrected chi connectivity index (χ4v) is 5.19. The third-order valence-corrected chi connectivity index (χ3v) is 8.23. The van der Waals surface area contributed by atoms with Gasteiger partial charge in [-0.1, -0.05) is 105 Å². The van der Waals surface area contributed by atoms with Crippen LogP contribution in [-0.4, -0.2) is 57.9 Å². The number of alkyl carbamates (subject to hydrolysis) is 1. The number of carbonyl (C=O) groups excluding carboxylic acids is 1. The number of hydrogen-bond donors (Lipinski definition) is 4. The topological polar surface area (TPSA) is 118 Å². The van der Waals surface area contributed by atoms with E-state index in [4.69, 9.17) is 14.7 Å². The number of nitrogens with one attached hydrogen (secondary N) is 4. The zero-order valence-electron chi connectivity index (χ0n) is 31.9. The number of allylic oxidation sites excluding steroid dienone is 10. The van der Waals surface area contributed by atoms with Gasteiger partial charge in [-0.2, -0.15) is 9.97 Å². The molecule has 0 unspecified atom stereocenters. The van der Waals surface area contributed by atoms with Crippen LogP contribution in [0.2, 0.25) is 0 Å². The minimum absolute atomic E-state index is 0.151. The monoisotopic (exact) mass is 710 g/mol. The molecule has 0 saturated carbocycles. The first kappa shape index (κ1) is 41.7. The van der Waals surface area contributed by atoms with Crippen molar-refractivity contribution in [2.45, 2.75) is 104 Å². The van der Waals surface area contributed by atoms with Crippen molar-refractivity contribution in [2.75, 3.05) is 36.9 Å². The maximum atomic E-state index is 12.4. The molecule has 1 aromatic carbocycles. The molecule has 0 fully saturated rings. The van der Waals surface area contributed by atoms with Gasteiger partial charge in [-0.05, 0) is 83.7 Å². The van der Waals surface area contributed by atoms with Gasteiger partial charge in [-0.25, -0.2) is 9.78 Å². The number of nitrogens with zero attached hydrogens (tertiary/aromatic N) is 4. The summed E-state index contributed by atoms with van der Waals surface area (Å²) in [6.45, 7) is 11.3. The van der Waals surface area contributed by atoms with Gasteiger partial charge in [0.1, 0.15) is 6.61 Å². The number of benzene rings is 1. The second-order valence-electron chi connectivity index (χ2n) is 12.9. The molecule has 3 aromatic rings. The standard InChI is InChI=1S/C42H62N8O2/c1-5-7-8-9-10-11-12-13-14-15-16-17-18-19-20-21-22-26-29-43-30-31-44-42(51)52-33-37(6-2)47-41-48-39(45-32-36-27-24-23-25-28-36)38-40(49-41)50(34-46-38)35(3)4/h7-8,10-11,13-14,16-17,19-20,23-25,27-28,34-35,37,43H,5-6,9,12,15,18,21-22,26,29-33H2,1-4H3,(H,44,51)(H2,45,47,48,49)/b8-7-,11-10-,14-13-,17-16-,20-19-/t37-/m0/s1. The van der Waals surface area contributed by atoms with Crippen molar-refractivity contribution < 1.29 is 9.53 Å². The summed E-state index contributed by atoms with van der Waals surface area (Å²) in [5.41, 5.74) is 2.61. The average molecular weight is 711 g/mol. The summed E-state index contributed by atoms with van der Waals surface area (Å²) in [4.78, 5) is 26.5. The molecule has 282 valence electrons. The first-order chi connectivity index (χ1) is 25.5. The molecule has 0 saturated heterocycles. The Balaban J connectivity index is 1.26. The van der Waals surface area contributed by atoms with Crippen LogP contribution >= 0.6 is 0 Å². The van der Waals surface area contributed by atoms with E-state index in [1.807, 2.05) is 29.7 Å². The molecule has 10 heteroatoms. The maximum absolute atomic E-state index is 12.4. The molecule has 52 heavy (non-hydrogen) atoms. The third kappa shape index (κ3) is 17.0. The smallest absolute Gasteiger partial charge is 0.407 e. The number of hydrogen-bond acceptors (Lipinski definition) is 8. The lowest BCUT2D eigenvalue weighted by atomic mass is 10.2. The predicted octanol–water partition coefficient (Wildman–Crippen LogP) is 9.45. The summed E-state index contributed by atoms with van der Waals surface area (Å²) < 4.78 is 7.56. The summed E-state index contributed by atoms with van der Waals surface area (Å²) in [7, 11) is 0. The molecule has 10 nitrogen and oxygen atoms in total. The highest BCUT2D eigenvalue weighted by Gasteiger charge is 2.17. The van der Waals surface area contributed by atoms with Crippen LogP contribution in [0.25, 0.3) is 11.2 Å². The minimum Gasteiger partial charge on any atom is -0.447 e. The molecule has 0 radical (unpaired) electrons. The summed E-state index contributed by atoms with van der Waals surface area (Å²) in [6.07, 6.45) is 32.8. The molecule has 4 N–H and O–H groups in total.